The van der Waals surface area contributed by atoms with Crippen molar-refractivity contribution in [2.45, 2.75) is 6.92 Å². The van der Waals surface area contributed by atoms with Gasteiger partial charge in [0.25, 0.3) is 0 Å². The summed E-state index contributed by atoms with van der Waals surface area (Å²) in [5.41, 5.74) is 0. The van der Waals surface area contributed by atoms with Gasteiger partial charge in [-0.1, -0.05) is 0 Å². The van der Waals surface area contributed by atoms with E-state index < -0.39 is 0 Å². The van der Waals surface area contributed by atoms with Gasteiger partial charge in [0.2, 0.25) is 11.9 Å². The number of rotatable bonds is 1. The maximum atomic E-state index is 10.5. The normalized spacial score (nSPS) is 9.27. The molecule has 1 amide bonds. The topological polar surface area (TPSA) is 67.8 Å². The van der Waals surface area contributed by atoms with Crippen molar-refractivity contribution in [3.05, 3.63) is 10.8 Å². The van der Waals surface area contributed by atoms with E-state index in [1.165, 1.54) is 13.1 Å². The first-order chi connectivity index (χ1) is 5.18. The average molecular weight is 217 g/mol. The Hall–Kier alpha value is -1.04. The van der Waals surface area contributed by atoms with E-state index in [0.717, 1.165) is 0 Å². The van der Waals surface area contributed by atoms with E-state index in [1.54, 1.807) is 0 Å². The van der Waals surface area contributed by atoms with Gasteiger partial charge < -0.3 is 0 Å². The zero-order valence-corrected chi connectivity index (χ0v) is 7.29. The molecule has 1 aromatic rings. The van der Waals surface area contributed by atoms with E-state index in [1.807, 2.05) is 0 Å². The first-order valence-corrected chi connectivity index (χ1v) is 3.60. The molecule has 0 bridgehead atoms. The number of amides is 1. The predicted molar refractivity (Wildman–Crippen MR) is 41.8 cm³/mol. The number of hydrogen-bond acceptors (Lipinski definition) is 4. The summed E-state index contributed by atoms with van der Waals surface area (Å²) in [5.74, 6) is -0.00479. The lowest BCUT2D eigenvalue weighted by Crippen LogP contribution is -2.09. The Morgan fingerprint density at radius 2 is 2.36 bits per heavy atom. The van der Waals surface area contributed by atoms with Crippen LogP contribution in [0.15, 0.2) is 10.8 Å². The highest BCUT2D eigenvalue weighted by molar-refractivity contribution is 9.10. The Morgan fingerprint density at radius 1 is 1.64 bits per heavy atom. The van der Waals surface area contributed by atoms with Crippen molar-refractivity contribution >= 4 is 27.8 Å². The van der Waals surface area contributed by atoms with Crippen molar-refractivity contribution < 1.29 is 4.79 Å². The van der Waals surface area contributed by atoms with Crippen molar-refractivity contribution in [2.75, 3.05) is 5.32 Å². The Bertz CT molecular complexity index is 260. The third-order valence-corrected chi connectivity index (χ3v) is 1.18. The molecule has 1 aromatic heterocycles. The molecule has 11 heavy (non-hydrogen) atoms. The summed E-state index contributed by atoms with van der Waals surface area (Å²) in [6.07, 6.45) is 1.46. The van der Waals surface area contributed by atoms with Crippen LogP contribution in [0.4, 0.5) is 5.95 Å². The van der Waals surface area contributed by atoms with Crippen LogP contribution < -0.4 is 5.32 Å². The molecule has 0 aromatic carbocycles. The standard InChI is InChI=1S/C5H5BrN4O/c1-3(11)8-5-7-2-4(6)9-10-5/h2H,1H3,(H,7,8,10,11). The first-order valence-electron chi connectivity index (χ1n) is 2.81. The van der Waals surface area contributed by atoms with Gasteiger partial charge in [-0.25, -0.2) is 4.98 Å². The highest BCUT2D eigenvalue weighted by atomic mass is 79.9. The van der Waals surface area contributed by atoms with Crippen molar-refractivity contribution in [3.8, 4) is 0 Å². The molecule has 0 atom stereocenters. The van der Waals surface area contributed by atoms with Crippen LogP contribution in [0.25, 0.3) is 0 Å². The molecular formula is C5H5BrN4O. The fourth-order valence-corrected chi connectivity index (χ4v) is 0.658. The van der Waals surface area contributed by atoms with Gasteiger partial charge in [0.05, 0.1) is 6.20 Å². The Labute approximate surface area is 71.4 Å². The molecule has 0 aliphatic rings. The molecule has 1 heterocycles. The molecule has 58 valence electrons. The molecule has 0 unspecified atom stereocenters. The monoisotopic (exact) mass is 216 g/mol. The minimum atomic E-state index is -0.214. The van der Waals surface area contributed by atoms with Crippen molar-refractivity contribution in [2.24, 2.45) is 0 Å². The summed E-state index contributed by atoms with van der Waals surface area (Å²) >= 11 is 3.06. The van der Waals surface area contributed by atoms with Crippen molar-refractivity contribution in [1.29, 1.82) is 0 Å². The van der Waals surface area contributed by atoms with Crippen LogP contribution in [0.1, 0.15) is 6.92 Å². The smallest absolute Gasteiger partial charge is 0.249 e. The van der Waals surface area contributed by atoms with Gasteiger partial charge in [-0.15, -0.1) is 10.2 Å². The number of halogens is 1. The van der Waals surface area contributed by atoms with Gasteiger partial charge in [0.15, 0.2) is 0 Å². The van der Waals surface area contributed by atoms with E-state index in [4.69, 9.17) is 0 Å². The van der Waals surface area contributed by atoms with E-state index >= 15 is 0 Å². The second-order valence-corrected chi connectivity index (χ2v) is 2.60. The molecule has 0 spiro atoms. The van der Waals surface area contributed by atoms with Crippen LogP contribution in [0.3, 0.4) is 0 Å². The van der Waals surface area contributed by atoms with Crippen LogP contribution in [-0.4, -0.2) is 21.1 Å². The number of nitrogens with one attached hydrogen (secondary N) is 1. The fourth-order valence-electron chi connectivity index (χ4n) is 0.476. The summed E-state index contributed by atoms with van der Waals surface area (Å²) in [5, 5.41) is 9.59. The van der Waals surface area contributed by atoms with Gasteiger partial charge in [-0.2, -0.15) is 0 Å². The molecule has 0 aliphatic carbocycles. The van der Waals surface area contributed by atoms with Crippen LogP contribution in [0.2, 0.25) is 0 Å². The Balaban J connectivity index is 2.74. The minimum absolute atomic E-state index is 0.209. The zero-order valence-electron chi connectivity index (χ0n) is 5.71. The maximum absolute atomic E-state index is 10.5. The largest absolute Gasteiger partial charge is 0.293 e. The lowest BCUT2D eigenvalue weighted by molar-refractivity contribution is -0.114. The van der Waals surface area contributed by atoms with Crippen molar-refractivity contribution in [3.63, 3.8) is 0 Å². The van der Waals surface area contributed by atoms with Crippen LogP contribution in [0.5, 0.6) is 0 Å². The van der Waals surface area contributed by atoms with Gasteiger partial charge >= 0.3 is 0 Å². The minimum Gasteiger partial charge on any atom is -0.293 e. The van der Waals surface area contributed by atoms with E-state index in [9.17, 15) is 4.79 Å². The van der Waals surface area contributed by atoms with E-state index in [0.29, 0.717) is 4.60 Å². The molecular weight excluding hydrogens is 212 g/mol. The van der Waals surface area contributed by atoms with Crippen molar-refractivity contribution in [1.82, 2.24) is 15.2 Å². The van der Waals surface area contributed by atoms with Gasteiger partial charge in [0, 0.05) is 6.92 Å². The number of carbonyl (C=O) groups is 1. The van der Waals surface area contributed by atoms with E-state index in [-0.39, 0.29) is 11.9 Å². The SMILES string of the molecule is CC(=O)Nc1ncc(Br)nn1. The third-order valence-electron chi connectivity index (χ3n) is 0.821. The lowest BCUT2D eigenvalue weighted by Gasteiger charge is -1.96. The Morgan fingerprint density at radius 3 is 2.82 bits per heavy atom. The number of carbonyl (C=O) groups excluding carboxylic acids is 1. The highest BCUT2D eigenvalue weighted by Gasteiger charge is 1.97. The van der Waals surface area contributed by atoms with Gasteiger partial charge in [-0.3, -0.25) is 10.1 Å². The molecule has 0 saturated carbocycles. The third kappa shape index (κ3) is 2.58. The Kier molecular flexibility index (Phi) is 2.48. The highest BCUT2D eigenvalue weighted by Crippen LogP contribution is 2.01. The fraction of sp³-hybridized carbons (Fsp3) is 0.200. The molecule has 0 saturated heterocycles. The summed E-state index contributed by atoms with van der Waals surface area (Å²) in [6.45, 7) is 1.38. The van der Waals surface area contributed by atoms with Gasteiger partial charge in [0.1, 0.15) is 4.60 Å². The van der Waals surface area contributed by atoms with E-state index in [2.05, 4.69) is 36.4 Å². The van der Waals surface area contributed by atoms with Crippen LogP contribution in [-0.2, 0) is 4.79 Å². The number of aromatic nitrogens is 3. The second kappa shape index (κ2) is 3.38. The summed E-state index contributed by atoms with van der Waals surface area (Å²) in [6, 6.07) is 0. The quantitative estimate of drug-likeness (QED) is 0.747. The number of hydrogen-bond donors (Lipinski definition) is 1. The molecule has 5 nitrogen and oxygen atoms in total. The second-order valence-electron chi connectivity index (χ2n) is 1.79. The summed E-state index contributed by atoms with van der Waals surface area (Å²) in [4.78, 5) is 14.2. The average Bonchev–Trinajstić information content (AvgIpc) is 1.93. The summed E-state index contributed by atoms with van der Waals surface area (Å²) < 4.78 is 0.534. The van der Waals surface area contributed by atoms with Crippen LogP contribution >= 0.6 is 15.9 Å². The van der Waals surface area contributed by atoms with Crippen LogP contribution in [0, 0.1) is 0 Å². The summed E-state index contributed by atoms with van der Waals surface area (Å²) in [7, 11) is 0. The zero-order chi connectivity index (χ0) is 8.27. The molecule has 0 aliphatic heterocycles. The maximum Gasteiger partial charge on any atom is 0.249 e. The predicted octanol–water partition coefficient (Wildman–Crippen LogP) is 0.592. The lowest BCUT2D eigenvalue weighted by atomic mass is 10.7. The number of nitrogens with zero attached hydrogens (tertiary/aromatic N) is 3. The molecule has 0 radical (unpaired) electrons. The molecule has 1 rings (SSSR count). The number of anilines is 1. The molecule has 6 heteroatoms. The molecule has 1 N–H and O–H groups in total. The van der Waals surface area contributed by atoms with Gasteiger partial charge in [-0.05, 0) is 15.9 Å². The first kappa shape index (κ1) is 8.06. The molecule has 0 fully saturated rings.